The Morgan fingerprint density at radius 1 is 1.53 bits per heavy atom. The standard InChI is InChI=1S/C11H18N2OS/c1-10(2)6-4-5-11(10,3)8(14)7(6)13-9(12)15/h6-7H,4-5H2,1-3H3,(H3,12,13,15)/t6-,7-,11-/m1/s1. The van der Waals surface area contributed by atoms with Gasteiger partial charge in [-0.2, -0.15) is 0 Å². The highest BCUT2D eigenvalue weighted by molar-refractivity contribution is 7.80. The second-order valence-electron chi connectivity index (χ2n) is 5.55. The zero-order chi connectivity index (χ0) is 11.4. The van der Waals surface area contributed by atoms with Gasteiger partial charge in [-0.05, 0) is 36.4 Å². The van der Waals surface area contributed by atoms with E-state index >= 15 is 0 Å². The summed E-state index contributed by atoms with van der Waals surface area (Å²) in [6.45, 7) is 6.45. The maximum Gasteiger partial charge on any atom is 0.164 e. The highest BCUT2D eigenvalue weighted by Crippen LogP contribution is 2.63. The monoisotopic (exact) mass is 226 g/mol. The molecule has 0 amide bonds. The average Bonchev–Trinajstić information content (AvgIpc) is 2.40. The minimum absolute atomic E-state index is 0.0620. The Morgan fingerprint density at radius 2 is 2.13 bits per heavy atom. The van der Waals surface area contributed by atoms with E-state index in [4.69, 9.17) is 18.0 Å². The number of ketones is 1. The molecule has 3 atom stereocenters. The van der Waals surface area contributed by atoms with E-state index in [2.05, 4.69) is 26.1 Å². The molecule has 4 heteroatoms. The zero-order valence-electron chi connectivity index (χ0n) is 9.46. The number of nitrogens with two attached hydrogens (primary N) is 1. The summed E-state index contributed by atoms with van der Waals surface area (Å²) in [6, 6.07) is -0.156. The van der Waals surface area contributed by atoms with Crippen LogP contribution in [0.5, 0.6) is 0 Å². The fraction of sp³-hybridized carbons (Fsp3) is 0.818. The first-order valence-corrected chi connectivity index (χ1v) is 5.82. The summed E-state index contributed by atoms with van der Waals surface area (Å²) in [5, 5.41) is 3.20. The number of rotatable bonds is 1. The first-order valence-electron chi connectivity index (χ1n) is 5.41. The summed E-state index contributed by atoms with van der Waals surface area (Å²) in [7, 11) is 0. The molecule has 0 radical (unpaired) electrons. The van der Waals surface area contributed by atoms with Gasteiger partial charge in [-0.1, -0.05) is 20.8 Å². The quantitative estimate of drug-likeness (QED) is 0.660. The highest BCUT2D eigenvalue weighted by Gasteiger charge is 2.66. The van der Waals surface area contributed by atoms with Crippen LogP contribution in [-0.4, -0.2) is 16.9 Å². The Labute approximate surface area is 95.8 Å². The van der Waals surface area contributed by atoms with Gasteiger partial charge in [-0.15, -0.1) is 0 Å². The van der Waals surface area contributed by atoms with E-state index in [9.17, 15) is 4.79 Å². The fourth-order valence-electron chi connectivity index (χ4n) is 3.41. The summed E-state index contributed by atoms with van der Waals surface area (Å²) in [5.74, 6) is 0.660. The van der Waals surface area contributed by atoms with Gasteiger partial charge < -0.3 is 11.1 Å². The summed E-state index contributed by atoms with van der Waals surface area (Å²) in [6.07, 6.45) is 2.09. The maximum absolute atomic E-state index is 12.3. The number of Topliss-reactive ketones (excluding diaryl/α,β-unsaturated/α-hetero) is 1. The second-order valence-corrected chi connectivity index (χ2v) is 5.99. The predicted molar refractivity (Wildman–Crippen MR) is 63.3 cm³/mol. The van der Waals surface area contributed by atoms with E-state index in [1.54, 1.807) is 0 Å². The van der Waals surface area contributed by atoms with Gasteiger partial charge in [0.25, 0.3) is 0 Å². The van der Waals surface area contributed by atoms with Gasteiger partial charge in [-0.3, -0.25) is 4.79 Å². The first kappa shape index (κ1) is 10.9. The van der Waals surface area contributed by atoms with E-state index in [1.165, 1.54) is 0 Å². The van der Waals surface area contributed by atoms with Crippen molar-refractivity contribution < 1.29 is 4.79 Å². The van der Waals surface area contributed by atoms with E-state index in [0.717, 1.165) is 12.8 Å². The lowest BCUT2D eigenvalue weighted by molar-refractivity contribution is -0.129. The lowest BCUT2D eigenvalue weighted by Gasteiger charge is -2.32. The lowest BCUT2D eigenvalue weighted by Crippen LogP contribution is -2.48. The van der Waals surface area contributed by atoms with Crippen LogP contribution in [0.1, 0.15) is 33.6 Å². The zero-order valence-corrected chi connectivity index (χ0v) is 10.3. The molecule has 0 spiro atoms. The van der Waals surface area contributed by atoms with Gasteiger partial charge in [0.15, 0.2) is 10.9 Å². The molecule has 3 N–H and O–H groups in total. The van der Waals surface area contributed by atoms with Crippen LogP contribution in [0.4, 0.5) is 0 Å². The second kappa shape index (κ2) is 2.94. The highest BCUT2D eigenvalue weighted by atomic mass is 32.1. The molecule has 0 saturated heterocycles. The molecule has 2 aliphatic carbocycles. The summed E-state index contributed by atoms with van der Waals surface area (Å²) >= 11 is 4.83. The molecule has 0 heterocycles. The molecule has 0 aromatic carbocycles. The third kappa shape index (κ3) is 1.17. The summed E-state index contributed by atoms with van der Waals surface area (Å²) < 4.78 is 0. The van der Waals surface area contributed by atoms with Crippen LogP contribution in [-0.2, 0) is 4.79 Å². The molecular weight excluding hydrogens is 208 g/mol. The van der Waals surface area contributed by atoms with Crippen molar-refractivity contribution in [2.45, 2.75) is 39.7 Å². The van der Waals surface area contributed by atoms with E-state index in [-0.39, 0.29) is 27.8 Å². The van der Waals surface area contributed by atoms with Crippen LogP contribution in [0.15, 0.2) is 0 Å². The number of nitrogens with one attached hydrogen (secondary N) is 1. The molecule has 15 heavy (non-hydrogen) atoms. The van der Waals surface area contributed by atoms with Crippen LogP contribution < -0.4 is 11.1 Å². The van der Waals surface area contributed by atoms with E-state index < -0.39 is 0 Å². The topological polar surface area (TPSA) is 55.1 Å². The van der Waals surface area contributed by atoms with Crippen molar-refractivity contribution in [1.29, 1.82) is 0 Å². The van der Waals surface area contributed by atoms with Crippen LogP contribution in [0.3, 0.4) is 0 Å². The molecule has 2 rings (SSSR count). The van der Waals surface area contributed by atoms with Crippen molar-refractivity contribution in [1.82, 2.24) is 5.32 Å². The number of fused-ring (bicyclic) bond motifs is 2. The van der Waals surface area contributed by atoms with Gasteiger partial charge in [0.1, 0.15) is 0 Å². The van der Waals surface area contributed by atoms with Crippen molar-refractivity contribution in [3.8, 4) is 0 Å². The number of carbonyl (C=O) groups excluding carboxylic acids is 1. The molecule has 2 saturated carbocycles. The van der Waals surface area contributed by atoms with Crippen molar-refractivity contribution in [3.63, 3.8) is 0 Å². The van der Waals surface area contributed by atoms with E-state index in [1.807, 2.05) is 0 Å². The van der Waals surface area contributed by atoms with Crippen molar-refractivity contribution >= 4 is 23.1 Å². The normalized spacial score (nSPS) is 41.9. The minimum Gasteiger partial charge on any atom is -0.376 e. The Bertz CT molecular complexity index is 339. The molecule has 2 bridgehead atoms. The number of hydrogen-bond acceptors (Lipinski definition) is 2. The number of carbonyl (C=O) groups is 1. The van der Waals surface area contributed by atoms with Gasteiger partial charge in [0.2, 0.25) is 0 Å². The molecule has 0 aromatic rings. The molecule has 2 fully saturated rings. The fourth-order valence-corrected chi connectivity index (χ4v) is 3.53. The predicted octanol–water partition coefficient (Wildman–Crippen LogP) is 1.21. The van der Waals surface area contributed by atoms with Crippen molar-refractivity contribution in [2.75, 3.05) is 0 Å². The smallest absolute Gasteiger partial charge is 0.164 e. The maximum atomic E-state index is 12.3. The number of thiocarbonyl (C=S) groups is 1. The Balaban J connectivity index is 2.34. The van der Waals surface area contributed by atoms with E-state index in [0.29, 0.717) is 5.92 Å². The molecule has 3 nitrogen and oxygen atoms in total. The Morgan fingerprint density at radius 3 is 2.53 bits per heavy atom. The molecular formula is C11H18N2OS. The first-order chi connectivity index (χ1) is 6.80. The third-order valence-electron chi connectivity index (χ3n) is 4.83. The largest absolute Gasteiger partial charge is 0.376 e. The molecule has 0 unspecified atom stereocenters. The Kier molecular flexibility index (Phi) is 2.13. The summed E-state index contributed by atoms with van der Waals surface area (Å²) in [5.41, 5.74) is 5.33. The van der Waals surface area contributed by atoms with Crippen LogP contribution in [0, 0.1) is 16.7 Å². The van der Waals surface area contributed by atoms with Gasteiger partial charge >= 0.3 is 0 Å². The van der Waals surface area contributed by atoms with Gasteiger partial charge in [0.05, 0.1) is 6.04 Å². The van der Waals surface area contributed by atoms with Crippen molar-refractivity contribution in [3.05, 3.63) is 0 Å². The Hall–Kier alpha value is -0.640. The molecule has 0 aromatic heterocycles. The van der Waals surface area contributed by atoms with Gasteiger partial charge in [0, 0.05) is 5.41 Å². The molecule has 0 aliphatic heterocycles. The SMILES string of the molecule is CC1(C)[C@@H]2CC[C@]1(C)C(=O)[C@@H]2NC(N)=S. The van der Waals surface area contributed by atoms with Crippen LogP contribution in [0.25, 0.3) is 0 Å². The third-order valence-corrected chi connectivity index (χ3v) is 4.95. The molecule has 2 aliphatic rings. The lowest BCUT2D eigenvalue weighted by atomic mass is 9.70. The van der Waals surface area contributed by atoms with Crippen LogP contribution >= 0.6 is 12.2 Å². The number of hydrogen-bond donors (Lipinski definition) is 2. The van der Waals surface area contributed by atoms with Gasteiger partial charge in [-0.25, -0.2) is 0 Å². The van der Waals surface area contributed by atoms with Crippen molar-refractivity contribution in [2.24, 2.45) is 22.5 Å². The minimum atomic E-state index is -0.194. The average molecular weight is 226 g/mol. The molecule has 84 valence electrons. The van der Waals surface area contributed by atoms with Crippen LogP contribution in [0.2, 0.25) is 0 Å². The summed E-state index contributed by atoms with van der Waals surface area (Å²) in [4.78, 5) is 12.3.